The molecule has 15 heavy (non-hydrogen) atoms. The van der Waals surface area contributed by atoms with Crippen LogP contribution in [-0.2, 0) is 13.6 Å². The number of rotatable bonds is 3. The Labute approximate surface area is 89.2 Å². The zero-order valence-electron chi connectivity index (χ0n) is 9.06. The first-order chi connectivity index (χ1) is 7.31. The number of nitrogens with zero attached hydrogens (tertiary/aromatic N) is 4. The molecule has 1 aromatic rings. The van der Waals surface area contributed by atoms with Crippen LogP contribution >= 0.6 is 0 Å². The molecule has 1 aromatic heterocycles. The Morgan fingerprint density at radius 2 is 2.33 bits per heavy atom. The van der Waals surface area contributed by atoms with Gasteiger partial charge in [0.25, 0.3) is 0 Å². The highest BCUT2D eigenvalue weighted by Gasteiger charge is 2.39. The summed E-state index contributed by atoms with van der Waals surface area (Å²) in [7, 11) is 1.80. The highest BCUT2D eigenvalue weighted by molar-refractivity contribution is 4.94. The molecule has 2 aliphatic carbocycles. The molecule has 0 radical (unpaired) electrons. The Bertz CT molecular complexity index is 347. The van der Waals surface area contributed by atoms with Crippen molar-refractivity contribution in [2.24, 2.45) is 18.9 Å². The molecule has 0 aromatic carbocycles. The minimum absolute atomic E-state index is 0.701. The molecule has 0 amide bonds. The van der Waals surface area contributed by atoms with Crippen LogP contribution in [0.1, 0.15) is 31.5 Å². The number of aromatic nitrogens is 4. The average molecular weight is 207 g/mol. The van der Waals surface area contributed by atoms with E-state index in [1.165, 1.54) is 30.5 Å². The third-order valence-corrected chi connectivity index (χ3v) is 3.81. The van der Waals surface area contributed by atoms with E-state index in [-0.39, 0.29) is 0 Å². The lowest BCUT2D eigenvalue weighted by molar-refractivity contribution is 0.348. The van der Waals surface area contributed by atoms with E-state index >= 15 is 0 Å². The third kappa shape index (κ3) is 1.76. The van der Waals surface area contributed by atoms with Crippen LogP contribution in [0.25, 0.3) is 0 Å². The Morgan fingerprint density at radius 3 is 2.93 bits per heavy atom. The fourth-order valence-electron chi connectivity index (χ4n) is 3.11. The van der Waals surface area contributed by atoms with Gasteiger partial charge in [-0.25, -0.2) is 0 Å². The van der Waals surface area contributed by atoms with Crippen LogP contribution in [0.3, 0.4) is 0 Å². The second-order valence-corrected chi connectivity index (χ2v) is 4.86. The highest BCUT2D eigenvalue weighted by atomic mass is 15.6. The van der Waals surface area contributed by atoms with Crippen molar-refractivity contribution in [1.29, 1.82) is 0 Å². The van der Waals surface area contributed by atoms with E-state index in [1.54, 1.807) is 7.05 Å². The van der Waals surface area contributed by atoms with Gasteiger partial charge in [0.15, 0.2) is 5.82 Å². The van der Waals surface area contributed by atoms with Crippen LogP contribution in [0.15, 0.2) is 0 Å². The summed E-state index contributed by atoms with van der Waals surface area (Å²) in [6.07, 6.45) is 5.65. The summed E-state index contributed by atoms with van der Waals surface area (Å²) < 4.78 is 0. The zero-order valence-corrected chi connectivity index (χ0v) is 9.06. The molecule has 3 rings (SSSR count). The number of fused-ring (bicyclic) bond motifs is 2. The smallest absolute Gasteiger partial charge is 0.188 e. The lowest BCUT2D eigenvalue weighted by Gasteiger charge is -2.22. The van der Waals surface area contributed by atoms with E-state index in [0.29, 0.717) is 6.04 Å². The summed E-state index contributed by atoms with van der Waals surface area (Å²) >= 11 is 0. The van der Waals surface area contributed by atoms with Crippen molar-refractivity contribution in [3.63, 3.8) is 0 Å². The summed E-state index contributed by atoms with van der Waals surface area (Å²) in [6, 6.07) is 0.701. The van der Waals surface area contributed by atoms with Crippen molar-refractivity contribution >= 4 is 0 Å². The van der Waals surface area contributed by atoms with Crippen LogP contribution in [0.2, 0.25) is 0 Å². The van der Waals surface area contributed by atoms with Gasteiger partial charge in [0.2, 0.25) is 0 Å². The van der Waals surface area contributed by atoms with Crippen molar-refractivity contribution in [2.45, 2.75) is 38.3 Å². The summed E-state index contributed by atoms with van der Waals surface area (Å²) in [5, 5.41) is 15.5. The van der Waals surface area contributed by atoms with Crippen molar-refractivity contribution < 1.29 is 0 Å². The maximum absolute atomic E-state index is 4.17. The topological polar surface area (TPSA) is 55.6 Å². The lowest BCUT2D eigenvalue weighted by Crippen LogP contribution is -2.33. The second kappa shape index (κ2) is 3.56. The molecule has 2 aliphatic rings. The summed E-state index contributed by atoms with van der Waals surface area (Å²) in [4.78, 5) is 1.51. The van der Waals surface area contributed by atoms with Gasteiger partial charge in [-0.2, -0.15) is 4.80 Å². The predicted octanol–water partition coefficient (Wildman–Crippen LogP) is 0.488. The Balaban J connectivity index is 1.54. The van der Waals surface area contributed by atoms with E-state index in [0.717, 1.165) is 24.2 Å². The third-order valence-electron chi connectivity index (χ3n) is 3.81. The van der Waals surface area contributed by atoms with Crippen LogP contribution in [0, 0.1) is 11.8 Å². The van der Waals surface area contributed by atoms with E-state index in [2.05, 4.69) is 20.7 Å². The molecule has 1 N–H and O–H groups in total. The summed E-state index contributed by atoms with van der Waals surface area (Å²) in [5.74, 6) is 2.70. The van der Waals surface area contributed by atoms with Gasteiger partial charge in [0, 0.05) is 6.04 Å². The van der Waals surface area contributed by atoms with E-state index < -0.39 is 0 Å². The SMILES string of the molecule is Cn1nnc(CNC2CC3CCC2C3)n1. The molecule has 2 bridgehead atoms. The van der Waals surface area contributed by atoms with Crippen LogP contribution in [0.5, 0.6) is 0 Å². The molecule has 0 saturated heterocycles. The quantitative estimate of drug-likeness (QED) is 0.783. The first-order valence-corrected chi connectivity index (χ1v) is 5.77. The van der Waals surface area contributed by atoms with Crippen LogP contribution in [0.4, 0.5) is 0 Å². The monoisotopic (exact) mass is 207 g/mol. The maximum atomic E-state index is 4.17. The van der Waals surface area contributed by atoms with Gasteiger partial charge in [0.05, 0.1) is 13.6 Å². The number of hydrogen-bond donors (Lipinski definition) is 1. The molecule has 5 heteroatoms. The number of hydrogen-bond acceptors (Lipinski definition) is 4. The molecule has 0 spiro atoms. The van der Waals surface area contributed by atoms with Gasteiger partial charge in [-0.1, -0.05) is 6.42 Å². The Kier molecular flexibility index (Phi) is 2.20. The molecule has 0 aliphatic heterocycles. The Morgan fingerprint density at radius 1 is 1.40 bits per heavy atom. The maximum Gasteiger partial charge on any atom is 0.188 e. The molecule has 5 nitrogen and oxygen atoms in total. The van der Waals surface area contributed by atoms with Gasteiger partial charge in [0.1, 0.15) is 0 Å². The fourth-order valence-corrected chi connectivity index (χ4v) is 3.11. The van der Waals surface area contributed by atoms with Gasteiger partial charge in [-0.15, -0.1) is 10.2 Å². The van der Waals surface area contributed by atoms with Crippen LogP contribution < -0.4 is 5.32 Å². The molecule has 82 valence electrons. The second-order valence-electron chi connectivity index (χ2n) is 4.86. The van der Waals surface area contributed by atoms with Crippen LogP contribution in [-0.4, -0.2) is 26.2 Å². The first-order valence-electron chi connectivity index (χ1n) is 5.77. The van der Waals surface area contributed by atoms with E-state index in [1.807, 2.05) is 0 Å². The predicted molar refractivity (Wildman–Crippen MR) is 54.9 cm³/mol. The van der Waals surface area contributed by atoms with Crippen molar-refractivity contribution in [2.75, 3.05) is 0 Å². The van der Waals surface area contributed by atoms with E-state index in [9.17, 15) is 0 Å². The molecule has 3 atom stereocenters. The lowest BCUT2D eigenvalue weighted by atomic mass is 9.95. The minimum Gasteiger partial charge on any atom is -0.307 e. The van der Waals surface area contributed by atoms with Gasteiger partial charge in [-0.3, -0.25) is 0 Å². The minimum atomic E-state index is 0.701. The largest absolute Gasteiger partial charge is 0.307 e. The Hall–Kier alpha value is -0.970. The number of nitrogens with one attached hydrogen (secondary N) is 1. The molecular weight excluding hydrogens is 190 g/mol. The first kappa shape index (κ1) is 9.27. The van der Waals surface area contributed by atoms with Gasteiger partial charge in [-0.05, 0) is 36.3 Å². The number of tetrazole rings is 1. The van der Waals surface area contributed by atoms with Gasteiger partial charge < -0.3 is 5.32 Å². The van der Waals surface area contributed by atoms with Crippen molar-refractivity contribution in [1.82, 2.24) is 25.5 Å². The molecule has 2 saturated carbocycles. The molecule has 3 unspecified atom stereocenters. The van der Waals surface area contributed by atoms with Crippen molar-refractivity contribution in [3.8, 4) is 0 Å². The molecule has 1 heterocycles. The van der Waals surface area contributed by atoms with Crippen molar-refractivity contribution in [3.05, 3.63) is 5.82 Å². The average Bonchev–Trinajstić information content (AvgIpc) is 2.90. The van der Waals surface area contributed by atoms with Gasteiger partial charge >= 0.3 is 0 Å². The summed E-state index contributed by atoms with van der Waals surface area (Å²) in [6.45, 7) is 0.766. The fraction of sp³-hybridized carbons (Fsp3) is 0.900. The summed E-state index contributed by atoms with van der Waals surface area (Å²) in [5.41, 5.74) is 0. The normalized spacial score (nSPS) is 33.8. The van der Waals surface area contributed by atoms with E-state index in [4.69, 9.17) is 0 Å². The number of aryl methyl sites for hydroxylation is 1. The highest BCUT2D eigenvalue weighted by Crippen LogP contribution is 2.44. The molecular formula is C10H17N5. The molecule has 2 fully saturated rings. The zero-order chi connectivity index (χ0) is 10.3. The standard InChI is InChI=1S/C10H17N5/c1-15-13-10(12-14-15)6-11-9-5-7-2-3-8(9)4-7/h7-9,11H,2-6H2,1H3.